The Morgan fingerprint density at radius 1 is 0.815 bits per heavy atom. The van der Waals surface area contributed by atoms with Crippen LogP contribution in [0, 0.1) is 0 Å². The normalized spacial score (nSPS) is 10.3. The number of likely N-dealkylation sites (N-methyl/N-ethyl adjacent to an activating group) is 1. The van der Waals surface area contributed by atoms with E-state index in [2.05, 4.69) is 33.9 Å². The summed E-state index contributed by atoms with van der Waals surface area (Å²) in [7, 11) is 8.69. The topological polar surface area (TPSA) is 40.2 Å². The van der Waals surface area contributed by atoms with Gasteiger partial charge in [-0.2, -0.15) is 0 Å². The highest BCUT2D eigenvalue weighted by Crippen LogP contribution is 2.34. The molecule has 2 aromatic rings. The Balaban J connectivity index is 0.00000364. The van der Waals surface area contributed by atoms with Crippen molar-refractivity contribution in [1.82, 2.24) is 4.90 Å². The van der Waals surface area contributed by atoms with Crippen LogP contribution in [0.5, 0.6) is 23.0 Å². The monoisotopic (exact) mass is 439 g/mol. The Labute approximate surface area is 171 Å². The molecule has 0 heterocycles. The van der Waals surface area contributed by atoms with Gasteiger partial charge in [-0.15, -0.1) is 0 Å². The van der Waals surface area contributed by atoms with E-state index in [0.717, 1.165) is 52.5 Å². The molecule has 0 saturated heterocycles. The van der Waals surface area contributed by atoms with E-state index in [0.29, 0.717) is 0 Å². The van der Waals surface area contributed by atoms with Gasteiger partial charge in [0.1, 0.15) is 0 Å². The first-order chi connectivity index (χ1) is 12.5. The average molecular weight is 440 g/mol. The zero-order valence-electron chi connectivity index (χ0n) is 16.0. The molecule has 0 aliphatic rings. The Kier molecular flexibility index (Phi) is 9.46. The second kappa shape index (κ2) is 11.0. The lowest BCUT2D eigenvalue weighted by Gasteiger charge is -2.19. The quantitative estimate of drug-likeness (QED) is 0.561. The molecule has 0 atom stereocenters. The zero-order valence-corrected chi connectivity index (χ0v) is 17.6. The molecule has 0 amide bonds. The van der Waals surface area contributed by atoms with Gasteiger partial charge in [0.05, 0.1) is 28.4 Å². The van der Waals surface area contributed by atoms with Crippen LogP contribution < -0.4 is 18.9 Å². The number of hydrogen-bond donors (Lipinski definition) is 0. The zero-order chi connectivity index (χ0) is 19.1. The van der Waals surface area contributed by atoms with Crippen molar-refractivity contribution >= 4 is 15.9 Å². The molecule has 27 heavy (non-hydrogen) atoms. The summed E-state index contributed by atoms with van der Waals surface area (Å²) in [5.74, 6) is 2.96. The summed E-state index contributed by atoms with van der Waals surface area (Å²) >= 11 is 3.62. The third kappa shape index (κ3) is 6.04. The molecule has 0 spiro atoms. The Bertz CT molecular complexity index is 736. The van der Waals surface area contributed by atoms with Gasteiger partial charge in [0, 0.05) is 17.6 Å². The minimum Gasteiger partial charge on any atom is -0.493 e. The Morgan fingerprint density at radius 3 is 1.96 bits per heavy atom. The fourth-order valence-electron chi connectivity index (χ4n) is 2.74. The Morgan fingerprint density at radius 2 is 1.37 bits per heavy atom. The number of benzene rings is 2. The summed E-state index contributed by atoms with van der Waals surface area (Å²) in [4.78, 5) is 2.27. The van der Waals surface area contributed by atoms with Crippen LogP contribution in [0.15, 0.2) is 34.8 Å². The van der Waals surface area contributed by atoms with E-state index in [1.54, 1.807) is 28.4 Å². The third-order valence-corrected chi connectivity index (χ3v) is 4.96. The van der Waals surface area contributed by atoms with Crippen molar-refractivity contribution in [3.8, 4) is 23.0 Å². The lowest BCUT2D eigenvalue weighted by molar-refractivity contribution is 0.325. The smallest absolute Gasteiger partial charge is 0.161 e. The second-order valence-electron chi connectivity index (χ2n) is 5.98. The van der Waals surface area contributed by atoms with E-state index in [1.807, 2.05) is 24.3 Å². The molecule has 0 N–H and O–H groups in total. The number of methoxy groups -OCH3 is 4. The van der Waals surface area contributed by atoms with Crippen LogP contribution in [-0.2, 0) is 13.0 Å². The molecular formula is C21H30BrNO4. The lowest BCUT2D eigenvalue weighted by atomic mass is 10.1. The molecule has 0 aliphatic carbocycles. The van der Waals surface area contributed by atoms with Gasteiger partial charge in [-0.1, -0.05) is 29.4 Å². The lowest BCUT2D eigenvalue weighted by Crippen LogP contribution is -2.21. The highest BCUT2D eigenvalue weighted by molar-refractivity contribution is 9.10. The van der Waals surface area contributed by atoms with Crippen LogP contribution in [-0.4, -0.2) is 46.9 Å². The largest absolute Gasteiger partial charge is 0.493 e. The molecule has 0 bridgehead atoms. The van der Waals surface area contributed by atoms with Crippen molar-refractivity contribution in [2.45, 2.75) is 20.4 Å². The molecular weight excluding hydrogens is 410 g/mol. The van der Waals surface area contributed by atoms with Crippen LogP contribution in [0.25, 0.3) is 0 Å². The first-order valence-electron chi connectivity index (χ1n) is 8.32. The second-order valence-corrected chi connectivity index (χ2v) is 6.83. The van der Waals surface area contributed by atoms with Crippen molar-refractivity contribution in [1.29, 1.82) is 0 Å². The summed E-state index contributed by atoms with van der Waals surface area (Å²) in [6.07, 6.45) is 0.918. The van der Waals surface area contributed by atoms with Crippen LogP contribution in [0.3, 0.4) is 0 Å². The van der Waals surface area contributed by atoms with Crippen molar-refractivity contribution < 1.29 is 18.9 Å². The van der Waals surface area contributed by atoms with E-state index >= 15 is 0 Å². The predicted molar refractivity (Wildman–Crippen MR) is 114 cm³/mol. The fraction of sp³-hybridized carbons (Fsp3) is 0.429. The standard InChI is InChI=1S/C20H26BrNO4.CH4/c1-22(9-8-14-6-7-17(23-2)18(10-14)24-3)13-15-11-19(25-4)20(26-5)12-16(15)21;/h6-7,10-12H,8-9,13H2,1-5H3;1H4. The molecule has 2 aromatic carbocycles. The van der Waals surface area contributed by atoms with Gasteiger partial charge in [-0.3, -0.25) is 0 Å². The average Bonchev–Trinajstić information content (AvgIpc) is 2.67. The van der Waals surface area contributed by atoms with Gasteiger partial charge in [0.2, 0.25) is 0 Å². The number of halogens is 1. The van der Waals surface area contributed by atoms with Crippen molar-refractivity contribution in [3.63, 3.8) is 0 Å². The fourth-order valence-corrected chi connectivity index (χ4v) is 3.19. The number of hydrogen-bond acceptors (Lipinski definition) is 5. The molecule has 0 saturated carbocycles. The van der Waals surface area contributed by atoms with Gasteiger partial charge >= 0.3 is 0 Å². The maximum absolute atomic E-state index is 5.40. The van der Waals surface area contributed by atoms with E-state index in [9.17, 15) is 0 Å². The van der Waals surface area contributed by atoms with Crippen molar-refractivity contribution in [2.24, 2.45) is 0 Å². The van der Waals surface area contributed by atoms with Crippen molar-refractivity contribution in [2.75, 3.05) is 42.0 Å². The van der Waals surface area contributed by atoms with E-state index in [-0.39, 0.29) is 7.43 Å². The first-order valence-corrected chi connectivity index (χ1v) is 9.11. The van der Waals surface area contributed by atoms with Crippen LogP contribution in [0.4, 0.5) is 0 Å². The third-order valence-electron chi connectivity index (χ3n) is 4.22. The van der Waals surface area contributed by atoms with Gasteiger partial charge in [-0.05, 0) is 48.9 Å². The number of nitrogens with zero attached hydrogens (tertiary/aromatic N) is 1. The summed E-state index contributed by atoms with van der Waals surface area (Å²) < 4.78 is 22.4. The molecule has 6 heteroatoms. The van der Waals surface area contributed by atoms with Crippen LogP contribution in [0.1, 0.15) is 18.6 Å². The van der Waals surface area contributed by atoms with Gasteiger partial charge in [0.15, 0.2) is 23.0 Å². The highest BCUT2D eigenvalue weighted by Gasteiger charge is 2.12. The minimum absolute atomic E-state index is 0. The maximum atomic E-state index is 5.40. The first kappa shape index (κ1) is 23.1. The summed E-state index contributed by atoms with van der Waals surface area (Å²) in [6.45, 7) is 1.71. The molecule has 5 nitrogen and oxygen atoms in total. The van der Waals surface area contributed by atoms with Crippen LogP contribution >= 0.6 is 15.9 Å². The van der Waals surface area contributed by atoms with Crippen LogP contribution in [0.2, 0.25) is 0 Å². The number of rotatable bonds is 9. The Hall–Kier alpha value is -1.92. The molecule has 150 valence electrons. The van der Waals surface area contributed by atoms with Gasteiger partial charge in [-0.25, -0.2) is 0 Å². The highest BCUT2D eigenvalue weighted by atomic mass is 79.9. The van der Waals surface area contributed by atoms with E-state index < -0.39 is 0 Å². The maximum Gasteiger partial charge on any atom is 0.161 e. The van der Waals surface area contributed by atoms with Gasteiger partial charge < -0.3 is 23.8 Å². The van der Waals surface area contributed by atoms with Crippen molar-refractivity contribution in [3.05, 3.63) is 45.9 Å². The molecule has 0 aromatic heterocycles. The predicted octanol–water partition coefficient (Wildman–Crippen LogP) is 4.79. The minimum atomic E-state index is 0. The molecule has 0 fully saturated rings. The summed E-state index contributed by atoms with van der Waals surface area (Å²) in [5, 5.41) is 0. The van der Waals surface area contributed by atoms with E-state index in [1.165, 1.54) is 5.56 Å². The molecule has 0 aliphatic heterocycles. The summed E-state index contributed by atoms with van der Waals surface area (Å²) in [6, 6.07) is 9.99. The molecule has 2 rings (SSSR count). The van der Waals surface area contributed by atoms with E-state index in [4.69, 9.17) is 18.9 Å². The van der Waals surface area contributed by atoms with Gasteiger partial charge in [0.25, 0.3) is 0 Å². The molecule has 0 radical (unpaired) electrons. The number of ether oxygens (including phenoxy) is 4. The molecule has 0 unspecified atom stereocenters. The summed E-state index contributed by atoms with van der Waals surface area (Å²) in [5.41, 5.74) is 2.36. The SMILES string of the molecule is C.COc1ccc(CCN(C)Cc2cc(OC)c(OC)cc2Br)cc1OC.